The third-order valence-corrected chi connectivity index (χ3v) is 4.84. The maximum Gasteiger partial charge on any atom is 0.320 e. The van der Waals surface area contributed by atoms with E-state index in [2.05, 4.69) is 41.4 Å². The SMILES string of the molecule is CCCC(NCC(=O)N1CCCN(Cc2ccc(C)cc2)CC1)C(=O)O. The maximum atomic E-state index is 12.4. The third-order valence-electron chi connectivity index (χ3n) is 4.84. The lowest BCUT2D eigenvalue weighted by atomic mass is 10.1. The number of carbonyl (C=O) groups excluding carboxylic acids is 1. The Morgan fingerprint density at radius 1 is 1.15 bits per heavy atom. The first-order valence-electron chi connectivity index (χ1n) is 9.51. The molecule has 1 saturated heterocycles. The summed E-state index contributed by atoms with van der Waals surface area (Å²) < 4.78 is 0. The van der Waals surface area contributed by atoms with Crippen molar-refractivity contribution in [3.63, 3.8) is 0 Å². The van der Waals surface area contributed by atoms with Crippen molar-refractivity contribution in [2.45, 2.75) is 45.7 Å². The molecule has 0 bridgehead atoms. The van der Waals surface area contributed by atoms with E-state index < -0.39 is 12.0 Å². The van der Waals surface area contributed by atoms with E-state index in [4.69, 9.17) is 0 Å². The number of hydrogen-bond donors (Lipinski definition) is 2. The van der Waals surface area contributed by atoms with Crippen LogP contribution < -0.4 is 5.32 Å². The van der Waals surface area contributed by atoms with Crippen LogP contribution in [0.15, 0.2) is 24.3 Å². The number of aryl methyl sites for hydroxylation is 1. The molecule has 1 amide bonds. The molecule has 1 atom stereocenters. The van der Waals surface area contributed by atoms with Crippen molar-refractivity contribution < 1.29 is 14.7 Å². The lowest BCUT2D eigenvalue weighted by molar-refractivity contribution is -0.140. The Balaban J connectivity index is 1.80. The molecule has 0 spiro atoms. The summed E-state index contributed by atoms with van der Waals surface area (Å²) in [4.78, 5) is 27.8. The zero-order chi connectivity index (χ0) is 18.9. The van der Waals surface area contributed by atoms with E-state index in [-0.39, 0.29) is 12.5 Å². The molecule has 1 aliphatic rings. The second kappa shape index (κ2) is 10.3. The lowest BCUT2D eigenvalue weighted by Gasteiger charge is -2.23. The van der Waals surface area contributed by atoms with Gasteiger partial charge in [0.1, 0.15) is 6.04 Å². The summed E-state index contributed by atoms with van der Waals surface area (Å²) in [5.74, 6) is -0.899. The molecule has 0 saturated carbocycles. The molecular formula is C20H31N3O3. The van der Waals surface area contributed by atoms with Crippen LogP contribution in [-0.4, -0.2) is 65.5 Å². The van der Waals surface area contributed by atoms with Gasteiger partial charge in [-0.1, -0.05) is 43.2 Å². The molecule has 0 aliphatic carbocycles. The van der Waals surface area contributed by atoms with Gasteiger partial charge in [-0.3, -0.25) is 19.8 Å². The summed E-state index contributed by atoms with van der Waals surface area (Å²) in [5, 5.41) is 12.1. The highest BCUT2D eigenvalue weighted by Gasteiger charge is 2.22. The average Bonchev–Trinajstić information content (AvgIpc) is 2.85. The van der Waals surface area contributed by atoms with E-state index in [1.54, 1.807) is 0 Å². The van der Waals surface area contributed by atoms with Crippen LogP contribution in [-0.2, 0) is 16.1 Å². The zero-order valence-corrected chi connectivity index (χ0v) is 15.9. The van der Waals surface area contributed by atoms with Crippen LogP contribution in [0.25, 0.3) is 0 Å². The van der Waals surface area contributed by atoms with Crippen LogP contribution in [0.5, 0.6) is 0 Å². The number of amides is 1. The van der Waals surface area contributed by atoms with Crippen LogP contribution in [0.4, 0.5) is 0 Å². The van der Waals surface area contributed by atoms with Gasteiger partial charge < -0.3 is 10.0 Å². The predicted molar refractivity (Wildman–Crippen MR) is 102 cm³/mol. The number of carboxylic acid groups (broad SMARTS) is 1. The first kappa shape index (κ1) is 20.4. The van der Waals surface area contributed by atoms with Crippen LogP contribution in [0.1, 0.15) is 37.3 Å². The van der Waals surface area contributed by atoms with Gasteiger partial charge in [0.15, 0.2) is 0 Å². The fourth-order valence-electron chi connectivity index (χ4n) is 3.25. The van der Waals surface area contributed by atoms with Crippen molar-refractivity contribution in [3.8, 4) is 0 Å². The fourth-order valence-corrected chi connectivity index (χ4v) is 3.25. The summed E-state index contributed by atoms with van der Waals surface area (Å²) >= 11 is 0. The van der Waals surface area contributed by atoms with Gasteiger partial charge in [-0.15, -0.1) is 0 Å². The number of hydrogen-bond acceptors (Lipinski definition) is 4. The minimum absolute atomic E-state index is 0.00969. The van der Waals surface area contributed by atoms with Crippen LogP contribution in [0, 0.1) is 6.92 Å². The third kappa shape index (κ3) is 6.42. The molecule has 26 heavy (non-hydrogen) atoms. The maximum absolute atomic E-state index is 12.4. The highest BCUT2D eigenvalue weighted by molar-refractivity contribution is 5.80. The normalized spacial score (nSPS) is 16.9. The number of benzene rings is 1. The standard InChI is InChI=1S/C20H31N3O3/c1-3-5-18(20(25)26)21-14-19(24)23-11-4-10-22(12-13-23)15-17-8-6-16(2)7-9-17/h6-9,18,21H,3-5,10-15H2,1-2H3,(H,25,26). The first-order valence-corrected chi connectivity index (χ1v) is 9.51. The van der Waals surface area contributed by atoms with Crippen LogP contribution in [0.3, 0.4) is 0 Å². The summed E-state index contributed by atoms with van der Waals surface area (Å²) in [6, 6.07) is 7.93. The quantitative estimate of drug-likeness (QED) is 0.740. The van der Waals surface area contributed by atoms with Crippen molar-refractivity contribution in [1.29, 1.82) is 0 Å². The summed E-state index contributed by atoms with van der Waals surface area (Å²) in [5.41, 5.74) is 2.55. The highest BCUT2D eigenvalue weighted by Crippen LogP contribution is 2.10. The summed E-state index contributed by atoms with van der Waals surface area (Å²) in [6.07, 6.45) is 2.25. The molecule has 1 aromatic rings. The molecule has 2 rings (SSSR count). The van der Waals surface area contributed by atoms with Crippen molar-refractivity contribution in [2.24, 2.45) is 0 Å². The minimum Gasteiger partial charge on any atom is -0.480 e. The topological polar surface area (TPSA) is 72.9 Å². The van der Waals surface area contributed by atoms with Crippen molar-refractivity contribution in [1.82, 2.24) is 15.1 Å². The number of carbonyl (C=O) groups is 2. The number of rotatable bonds is 8. The van der Waals surface area contributed by atoms with Gasteiger partial charge in [-0.2, -0.15) is 0 Å². The Kier molecular flexibility index (Phi) is 8.06. The van der Waals surface area contributed by atoms with Gasteiger partial charge in [0, 0.05) is 32.7 Å². The summed E-state index contributed by atoms with van der Waals surface area (Å²) in [7, 11) is 0. The second-order valence-electron chi connectivity index (χ2n) is 7.06. The zero-order valence-electron chi connectivity index (χ0n) is 15.9. The van der Waals surface area contributed by atoms with Gasteiger partial charge >= 0.3 is 5.97 Å². The minimum atomic E-state index is -0.889. The predicted octanol–water partition coefficient (Wildman–Crippen LogP) is 1.87. The Morgan fingerprint density at radius 2 is 1.88 bits per heavy atom. The average molecular weight is 361 g/mol. The molecular weight excluding hydrogens is 330 g/mol. The molecule has 1 unspecified atom stereocenters. The van der Waals surface area contributed by atoms with Crippen molar-refractivity contribution in [2.75, 3.05) is 32.7 Å². The molecule has 144 valence electrons. The molecule has 6 nitrogen and oxygen atoms in total. The monoisotopic (exact) mass is 361 g/mol. The van der Waals surface area contributed by atoms with Gasteiger partial charge in [0.2, 0.25) is 5.91 Å². The second-order valence-corrected chi connectivity index (χ2v) is 7.06. The molecule has 1 aromatic carbocycles. The van der Waals surface area contributed by atoms with E-state index in [1.165, 1.54) is 11.1 Å². The Hall–Kier alpha value is -1.92. The van der Waals surface area contributed by atoms with Crippen LogP contribution in [0.2, 0.25) is 0 Å². The Labute approximate surface area is 156 Å². The molecule has 0 aromatic heterocycles. The molecule has 2 N–H and O–H groups in total. The number of nitrogens with zero attached hydrogens (tertiary/aromatic N) is 2. The van der Waals surface area contributed by atoms with Crippen molar-refractivity contribution in [3.05, 3.63) is 35.4 Å². The van der Waals surface area contributed by atoms with E-state index in [1.807, 2.05) is 11.8 Å². The smallest absolute Gasteiger partial charge is 0.320 e. The molecule has 1 aliphatic heterocycles. The highest BCUT2D eigenvalue weighted by atomic mass is 16.4. The van der Waals surface area contributed by atoms with E-state index in [0.717, 1.165) is 39.0 Å². The van der Waals surface area contributed by atoms with Gasteiger partial charge in [0.05, 0.1) is 6.54 Å². The molecule has 1 heterocycles. The molecule has 0 radical (unpaired) electrons. The van der Waals surface area contributed by atoms with Crippen molar-refractivity contribution >= 4 is 11.9 Å². The first-order chi connectivity index (χ1) is 12.5. The van der Waals surface area contributed by atoms with Gasteiger partial charge in [-0.05, 0) is 25.3 Å². The number of nitrogens with one attached hydrogen (secondary N) is 1. The van der Waals surface area contributed by atoms with Gasteiger partial charge in [-0.25, -0.2) is 0 Å². The molecule has 6 heteroatoms. The Morgan fingerprint density at radius 3 is 2.54 bits per heavy atom. The number of aliphatic carboxylic acids is 1. The fraction of sp³-hybridized carbons (Fsp3) is 0.600. The number of carboxylic acids is 1. The van der Waals surface area contributed by atoms with E-state index >= 15 is 0 Å². The van der Waals surface area contributed by atoms with Gasteiger partial charge in [0.25, 0.3) is 0 Å². The summed E-state index contributed by atoms with van der Waals surface area (Å²) in [6.45, 7) is 8.26. The van der Waals surface area contributed by atoms with Crippen LogP contribution >= 0.6 is 0 Å². The largest absolute Gasteiger partial charge is 0.480 e. The Bertz CT molecular complexity index is 588. The van der Waals surface area contributed by atoms with E-state index in [0.29, 0.717) is 13.0 Å². The van der Waals surface area contributed by atoms with E-state index in [9.17, 15) is 14.7 Å². The lowest BCUT2D eigenvalue weighted by Crippen LogP contribution is -2.45. The molecule has 1 fully saturated rings.